The molecule has 0 amide bonds. The van der Waals surface area contributed by atoms with Gasteiger partial charge in [-0.3, -0.25) is 9.56 Å². The van der Waals surface area contributed by atoms with Crippen LogP contribution in [0.5, 0.6) is 0 Å². The third-order valence-corrected chi connectivity index (χ3v) is 5.11. The number of hydroxylamine groups is 2. The first kappa shape index (κ1) is 18.1. The Labute approximate surface area is 166 Å². The van der Waals surface area contributed by atoms with Crippen molar-refractivity contribution in [3.63, 3.8) is 0 Å². The Bertz CT molecular complexity index is 1030. The molecule has 0 spiro atoms. The Hall–Kier alpha value is -2.25. The van der Waals surface area contributed by atoms with Crippen LogP contribution < -0.4 is 0 Å². The van der Waals surface area contributed by atoms with Crippen molar-refractivity contribution in [2.75, 3.05) is 6.54 Å². The average Bonchev–Trinajstić information content (AvgIpc) is 2.97. The van der Waals surface area contributed by atoms with E-state index in [1.54, 1.807) is 0 Å². The number of fused-ring (bicyclic) bond motifs is 3. The predicted octanol–water partition coefficient (Wildman–Crippen LogP) is 4.14. The molecule has 0 fully saturated rings. The highest BCUT2D eigenvalue weighted by molar-refractivity contribution is 6.39. The number of benzene rings is 2. The van der Waals surface area contributed by atoms with Gasteiger partial charge in [0, 0.05) is 22.7 Å². The van der Waals surface area contributed by atoms with Gasteiger partial charge in [-0.1, -0.05) is 54.4 Å². The fourth-order valence-corrected chi connectivity index (χ4v) is 3.63. The van der Waals surface area contributed by atoms with Crippen LogP contribution in [0.25, 0.3) is 5.69 Å². The lowest BCUT2D eigenvalue weighted by Crippen LogP contribution is -2.21. The maximum absolute atomic E-state index is 9.95. The minimum atomic E-state index is 0.247. The Balaban J connectivity index is 1.93. The van der Waals surface area contributed by atoms with Crippen LogP contribution in [0.2, 0.25) is 10.0 Å². The van der Waals surface area contributed by atoms with E-state index in [0.29, 0.717) is 40.5 Å². The maximum atomic E-state index is 9.95. The minimum Gasteiger partial charge on any atom is -0.314 e. The SMILES string of the molecule is CCN(O)Cc1nnc2n1-c1cccc(Cl)c1C(c1ccccc1Cl)=NC2. The van der Waals surface area contributed by atoms with Gasteiger partial charge in [0.2, 0.25) is 0 Å². The molecule has 0 bridgehead atoms. The van der Waals surface area contributed by atoms with E-state index >= 15 is 0 Å². The van der Waals surface area contributed by atoms with E-state index in [1.165, 1.54) is 5.06 Å². The number of nitrogens with zero attached hydrogens (tertiary/aromatic N) is 5. The highest BCUT2D eigenvalue weighted by atomic mass is 35.5. The smallest absolute Gasteiger partial charge is 0.159 e. The molecule has 0 radical (unpaired) electrons. The molecule has 0 saturated heterocycles. The summed E-state index contributed by atoms with van der Waals surface area (Å²) >= 11 is 13.0. The molecule has 27 heavy (non-hydrogen) atoms. The Morgan fingerprint density at radius 1 is 1.07 bits per heavy atom. The van der Waals surface area contributed by atoms with Gasteiger partial charge >= 0.3 is 0 Å². The first-order valence-corrected chi connectivity index (χ1v) is 9.31. The quantitative estimate of drug-likeness (QED) is 0.667. The van der Waals surface area contributed by atoms with Crippen LogP contribution in [0.15, 0.2) is 47.5 Å². The normalized spacial score (nSPS) is 13.1. The Kier molecular flexibility index (Phi) is 4.97. The fourth-order valence-electron chi connectivity index (χ4n) is 3.15. The third kappa shape index (κ3) is 3.26. The van der Waals surface area contributed by atoms with E-state index < -0.39 is 0 Å². The van der Waals surface area contributed by atoms with Crippen LogP contribution in [0.1, 0.15) is 29.7 Å². The largest absolute Gasteiger partial charge is 0.314 e. The number of aliphatic imine (C=N–C) groups is 1. The summed E-state index contributed by atoms with van der Waals surface area (Å²) in [5.74, 6) is 1.30. The Morgan fingerprint density at radius 3 is 2.63 bits per heavy atom. The van der Waals surface area contributed by atoms with E-state index in [0.717, 1.165) is 16.8 Å². The van der Waals surface area contributed by atoms with Gasteiger partial charge in [0.1, 0.15) is 6.54 Å². The van der Waals surface area contributed by atoms with Gasteiger partial charge in [-0.15, -0.1) is 10.2 Å². The second kappa shape index (κ2) is 7.40. The number of hydrogen-bond acceptors (Lipinski definition) is 5. The van der Waals surface area contributed by atoms with Crippen LogP contribution >= 0.6 is 23.2 Å². The molecule has 0 atom stereocenters. The monoisotopic (exact) mass is 401 g/mol. The molecule has 2 aromatic carbocycles. The summed E-state index contributed by atoms with van der Waals surface area (Å²) < 4.78 is 1.91. The zero-order valence-corrected chi connectivity index (χ0v) is 16.1. The molecule has 0 saturated carbocycles. The zero-order chi connectivity index (χ0) is 19.0. The van der Waals surface area contributed by atoms with Crippen molar-refractivity contribution in [2.45, 2.75) is 20.0 Å². The third-order valence-electron chi connectivity index (χ3n) is 4.46. The van der Waals surface area contributed by atoms with Crippen molar-refractivity contribution >= 4 is 28.9 Å². The average molecular weight is 402 g/mol. The summed E-state index contributed by atoms with van der Waals surface area (Å²) in [5.41, 5.74) is 3.12. The molecule has 2 heterocycles. The molecule has 4 rings (SSSR count). The molecule has 138 valence electrons. The lowest BCUT2D eigenvalue weighted by atomic mass is 10.00. The standard InChI is InChI=1S/C19H17Cl2N5O/c1-2-25(27)11-17-24-23-16-10-22-19(12-6-3-4-7-13(12)20)18-14(21)8-5-9-15(18)26(16)17/h3-9,27H,2,10-11H2,1H3. The first-order valence-electron chi connectivity index (χ1n) is 8.55. The molecule has 1 N–H and O–H groups in total. The van der Waals surface area contributed by atoms with Gasteiger partial charge in [0.15, 0.2) is 11.6 Å². The van der Waals surface area contributed by atoms with E-state index in [-0.39, 0.29) is 6.54 Å². The Morgan fingerprint density at radius 2 is 1.85 bits per heavy atom. The second-order valence-electron chi connectivity index (χ2n) is 6.13. The van der Waals surface area contributed by atoms with Crippen LogP contribution in [0, 0.1) is 0 Å². The molecule has 0 unspecified atom stereocenters. The predicted molar refractivity (Wildman–Crippen MR) is 105 cm³/mol. The highest BCUT2D eigenvalue weighted by Gasteiger charge is 2.26. The summed E-state index contributed by atoms with van der Waals surface area (Å²) in [6, 6.07) is 13.2. The van der Waals surface area contributed by atoms with Gasteiger partial charge in [-0.2, -0.15) is 5.06 Å². The van der Waals surface area contributed by atoms with Crippen molar-refractivity contribution in [2.24, 2.45) is 4.99 Å². The first-order chi connectivity index (χ1) is 13.1. The lowest BCUT2D eigenvalue weighted by Gasteiger charge is -2.17. The van der Waals surface area contributed by atoms with Crippen LogP contribution in [-0.4, -0.2) is 37.3 Å². The lowest BCUT2D eigenvalue weighted by molar-refractivity contribution is -0.0967. The van der Waals surface area contributed by atoms with E-state index in [9.17, 15) is 5.21 Å². The summed E-state index contributed by atoms with van der Waals surface area (Å²) in [4.78, 5) is 4.76. The number of hydrogen-bond donors (Lipinski definition) is 1. The van der Waals surface area contributed by atoms with Crippen molar-refractivity contribution < 1.29 is 5.21 Å². The van der Waals surface area contributed by atoms with E-state index in [2.05, 4.69) is 10.2 Å². The molecule has 8 heteroatoms. The van der Waals surface area contributed by atoms with Gasteiger partial charge < -0.3 is 5.21 Å². The fraction of sp³-hybridized carbons (Fsp3) is 0.211. The van der Waals surface area contributed by atoms with Crippen LogP contribution in [-0.2, 0) is 13.1 Å². The number of halogens is 2. The van der Waals surface area contributed by atoms with E-state index in [1.807, 2.05) is 54.0 Å². The molecular formula is C19H17Cl2N5O. The molecule has 3 aromatic rings. The van der Waals surface area contributed by atoms with Crippen molar-refractivity contribution in [1.82, 2.24) is 19.8 Å². The minimum absolute atomic E-state index is 0.247. The molecular weight excluding hydrogens is 385 g/mol. The molecule has 1 aliphatic heterocycles. The maximum Gasteiger partial charge on any atom is 0.159 e. The van der Waals surface area contributed by atoms with Crippen LogP contribution in [0.4, 0.5) is 0 Å². The van der Waals surface area contributed by atoms with E-state index in [4.69, 9.17) is 28.2 Å². The number of rotatable bonds is 4. The highest BCUT2D eigenvalue weighted by Crippen LogP contribution is 2.32. The summed E-state index contributed by atoms with van der Waals surface area (Å²) in [7, 11) is 0. The van der Waals surface area contributed by atoms with Crippen molar-refractivity contribution in [1.29, 1.82) is 0 Å². The molecule has 6 nitrogen and oxygen atoms in total. The number of aromatic nitrogens is 3. The van der Waals surface area contributed by atoms with Gasteiger partial charge in [-0.05, 0) is 18.2 Å². The van der Waals surface area contributed by atoms with Crippen molar-refractivity contribution in [3.8, 4) is 5.69 Å². The topological polar surface area (TPSA) is 66.5 Å². The molecule has 0 aliphatic carbocycles. The summed E-state index contributed by atoms with van der Waals surface area (Å²) in [6.07, 6.45) is 0. The summed E-state index contributed by atoms with van der Waals surface area (Å²) in [6.45, 7) is 2.92. The van der Waals surface area contributed by atoms with Gasteiger partial charge in [0.25, 0.3) is 0 Å². The summed E-state index contributed by atoms with van der Waals surface area (Å²) in [5, 5.41) is 20.8. The molecule has 1 aromatic heterocycles. The second-order valence-corrected chi connectivity index (χ2v) is 6.94. The van der Waals surface area contributed by atoms with Gasteiger partial charge in [-0.25, -0.2) is 0 Å². The molecule has 1 aliphatic rings. The van der Waals surface area contributed by atoms with Crippen molar-refractivity contribution in [3.05, 3.63) is 75.3 Å². The van der Waals surface area contributed by atoms with Gasteiger partial charge in [0.05, 0.1) is 23.0 Å². The van der Waals surface area contributed by atoms with Crippen LogP contribution in [0.3, 0.4) is 0 Å². The zero-order valence-electron chi connectivity index (χ0n) is 14.6.